The standard InChI is InChI=1S/C11H18N2OS/c1-2-12-11(10-7-15-8-13-10)9-4-3-5-14-6-9/h7-9,11-12H,2-6H2,1H3. The number of ether oxygens (including phenoxy) is 1. The smallest absolute Gasteiger partial charge is 0.0795 e. The summed E-state index contributed by atoms with van der Waals surface area (Å²) in [6, 6.07) is 0.376. The quantitative estimate of drug-likeness (QED) is 0.855. The molecular formula is C11H18N2OS. The van der Waals surface area contributed by atoms with E-state index in [0.29, 0.717) is 12.0 Å². The van der Waals surface area contributed by atoms with Gasteiger partial charge in [-0.25, -0.2) is 4.98 Å². The van der Waals surface area contributed by atoms with Crippen LogP contribution in [0.4, 0.5) is 0 Å². The van der Waals surface area contributed by atoms with Crippen LogP contribution in [0.15, 0.2) is 10.9 Å². The lowest BCUT2D eigenvalue weighted by atomic mass is 9.92. The summed E-state index contributed by atoms with van der Waals surface area (Å²) in [5.74, 6) is 0.584. The van der Waals surface area contributed by atoms with Gasteiger partial charge in [0, 0.05) is 17.9 Å². The van der Waals surface area contributed by atoms with Crippen molar-refractivity contribution < 1.29 is 4.74 Å². The van der Waals surface area contributed by atoms with Crippen molar-refractivity contribution in [2.24, 2.45) is 5.92 Å². The summed E-state index contributed by atoms with van der Waals surface area (Å²) in [6.45, 7) is 4.92. The Bertz CT molecular complexity index is 270. The average molecular weight is 226 g/mol. The monoisotopic (exact) mass is 226 g/mol. The van der Waals surface area contributed by atoms with Gasteiger partial charge in [-0.1, -0.05) is 6.92 Å². The van der Waals surface area contributed by atoms with Crippen LogP contribution in [0.25, 0.3) is 0 Å². The highest BCUT2D eigenvalue weighted by molar-refractivity contribution is 7.07. The molecule has 3 nitrogen and oxygen atoms in total. The maximum Gasteiger partial charge on any atom is 0.0795 e. The zero-order valence-electron chi connectivity index (χ0n) is 9.11. The van der Waals surface area contributed by atoms with Crippen molar-refractivity contribution in [2.45, 2.75) is 25.8 Å². The summed E-state index contributed by atoms with van der Waals surface area (Å²) >= 11 is 1.67. The molecule has 2 unspecified atom stereocenters. The second-order valence-corrected chi connectivity index (χ2v) is 4.64. The largest absolute Gasteiger partial charge is 0.381 e. The van der Waals surface area contributed by atoms with E-state index in [1.807, 2.05) is 5.51 Å². The molecule has 1 N–H and O–H groups in total. The summed E-state index contributed by atoms with van der Waals surface area (Å²) in [5, 5.41) is 5.66. The molecule has 0 radical (unpaired) electrons. The fourth-order valence-electron chi connectivity index (χ4n) is 2.14. The fraction of sp³-hybridized carbons (Fsp3) is 0.727. The van der Waals surface area contributed by atoms with E-state index < -0.39 is 0 Å². The Morgan fingerprint density at radius 2 is 2.67 bits per heavy atom. The van der Waals surface area contributed by atoms with Crippen LogP contribution >= 0.6 is 11.3 Å². The molecule has 1 aromatic heterocycles. The van der Waals surface area contributed by atoms with Crippen molar-refractivity contribution in [1.29, 1.82) is 0 Å². The molecule has 2 rings (SSSR count). The van der Waals surface area contributed by atoms with Crippen molar-refractivity contribution in [3.05, 3.63) is 16.6 Å². The Balaban J connectivity index is 2.04. The molecular weight excluding hydrogens is 208 g/mol. The van der Waals surface area contributed by atoms with Crippen LogP contribution in [-0.2, 0) is 4.74 Å². The van der Waals surface area contributed by atoms with E-state index in [1.54, 1.807) is 11.3 Å². The Morgan fingerprint density at radius 1 is 1.73 bits per heavy atom. The van der Waals surface area contributed by atoms with Crippen molar-refractivity contribution in [1.82, 2.24) is 10.3 Å². The van der Waals surface area contributed by atoms with E-state index in [-0.39, 0.29) is 0 Å². The maximum absolute atomic E-state index is 5.54. The lowest BCUT2D eigenvalue weighted by Gasteiger charge is -2.29. The molecule has 0 aromatic carbocycles. The molecule has 1 aliphatic heterocycles. The molecule has 0 bridgehead atoms. The summed E-state index contributed by atoms with van der Waals surface area (Å²) in [5.41, 5.74) is 3.08. The van der Waals surface area contributed by atoms with Crippen LogP contribution in [-0.4, -0.2) is 24.7 Å². The summed E-state index contributed by atoms with van der Waals surface area (Å²) in [6.07, 6.45) is 2.42. The predicted octanol–water partition coefficient (Wildman–Crippen LogP) is 2.22. The van der Waals surface area contributed by atoms with Gasteiger partial charge in [0.2, 0.25) is 0 Å². The van der Waals surface area contributed by atoms with Crippen LogP contribution < -0.4 is 5.32 Å². The van der Waals surface area contributed by atoms with E-state index in [4.69, 9.17) is 4.74 Å². The van der Waals surface area contributed by atoms with Crippen molar-refractivity contribution in [2.75, 3.05) is 19.8 Å². The average Bonchev–Trinajstić information content (AvgIpc) is 2.80. The zero-order valence-corrected chi connectivity index (χ0v) is 9.93. The third-order valence-corrected chi connectivity index (χ3v) is 3.47. The molecule has 1 saturated heterocycles. The van der Waals surface area contributed by atoms with Gasteiger partial charge in [0.25, 0.3) is 0 Å². The molecule has 0 aliphatic carbocycles. The second-order valence-electron chi connectivity index (χ2n) is 3.93. The number of nitrogens with zero attached hydrogens (tertiary/aromatic N) is 1. The zero-order chi connectivity index (χ0) is 10.5. The van der Waals surface area contributed by atoms with Gasteiger partial charge >= 0.3 is 0 Å². The number of nitrogens with one attached hydrogen (secondary N) is 1. The topological polar surface area (TPSA) is 34.2 Å². The van der Waals surface area contributed by atoms with Gasteiger partial charge in [-0.15, -0.1) is 11.3 Å². The predicted molar refractivity (Wildman–Crippen MR) is 62.1 cm³/mol. The Kier molecular flexibility index (Phi) is 4.11. The molecule has 84 valence electrons. The molecule has 2 heterocycles. The van der Waals surface area contributed by atoms with E-state index in [2.05, 4.69) is 22.6 Å². The Morgan fingerprint density at radius 3 is 3.27 bits per heavy atom. The normalized spacial score (nSPS) is 23.9. The van der Waals surface area contributed by atoms with Gasteiger partial charge in [-0.2, -0.15) is 0 Å². The van der Waals surface area contributed by atoms with Gasteiger partial charge in [-0.3, -0.25) is 0 Å². The van der Waals surface area contributed by atoms with E-state index in [1.165, 1.54) is 18.5 Å². The number of hydrogen-bond acceptors (Lipinski definition) is 4. The van der Waals surface area contributed by atoms with Gasteiger partial charge in [0.1, 0.15) is 0 Å². The highest BCUT2D eigenvalue weighted by Crippen LogP contribution is 2.28. The SMILES string of the molecule is CCNC(c1cscn1)C1CCCOC1. The first-order valence-corrected chi connectivity index (χ1v) is 6.55. The lowest BCUT2D eigenvalue weighted by molar-refractivity contribution is 0.0387. The van der Waals surface area contributed by atoms with Crippen LogP contribution in [0.1, 0.15) is 31.5 Å². The third-order valence-electron chi connectivity index (χ3n) is 2.86. The third kappa shape index (κ3) is 2.77. The second kappa shape index (κ2) is 5.58. The molecule has 15 heavy (non-hydrogen) atoms. The Hall–Kier alpha value is -0.450. The van der Waals surface area contributed by atoms with Gasteiger partial charge in [0.05, 0.1) is 23.9 Å². The van der Waals surface area contributed by atoms with E-state index >= 15 is 0 Å². The van der Waals surface area contributed by atoms with Gasteiger partial charge in [0.15, 0.2) is 0 Å². The van der Waals surface area contributed by atoms with Crippen LogP contribution in [0.5, 0.6) is 0 Å². The summed E-state index contributed by atoms with van der Waals surface area (Å²) < 4.78 is 5.54. The van der Waals surface area contributed by atoms with Gasteiger partial charge in [-0.05, 0) is 19.4 Å². The van der Waals surface area contributed by atoms with Crippen LogP contribution in [0.2, 0.25) is 0 Å². The summed E-state index contributed by atoms with van der Waals surface area (Å²) in [7, 11) is 0. The van der Waals surface area contributed by atoms with Crippen molar-refractivity contribution >= 4 is 11.3 Å². The highest BCUT2D eigenvalue weighted by atomic mass is 32.1. The molecule has 0 amide bonds. The minimum atomic E-state index is 0.376. The van der Waals surface area contributed by atoms with Crippen LogP contribution in [0, 0.1) is 5.92 Å². The molecule has 1 aromatic rings. The molecule has 0 spiro atoms. The number of rotatable bonds is 4. The highest BCUT2D eigenvalue weighted by Gasteiger charge is 2.25. The molecule has 1 aliphatic rings. The minimum absolute atomic E-state index is 0.376. The first kappa shape index (κ1) is 11.0. The minimum Gasteiger partial charge on any atom is -0.381 e. The molecule has 4 heteroatoms. The van der Waals surface area contributed by atoms with Crippen LogP contribution in [0.3, 0.4) is 0 Å². The molecule has 1 fully saturated rings. The Labute approximate surface area is 94.9 Å². The molecule has 0 saturated carbocycles. The molecule has 2 atom stereocenters. The van der Waals surface area contributed by atoms with Crippen molar-refractivity contribution in [3.63, 3.8) is 0 Å². The van der Waals surface area contributed by atoms with E-state index in [0.717, 1.165) is 19.8 Å². The maximum atomic E-state index is 5.54. The van der Waals surface area contributed by atoms with E-state index in [9.17, 15) is 0 Å². The number of aromatic nitrogens is 1. The van der Waals surface area contributed by atoms with Crippen molar-refractivity contribution in [3.8, 4) is 0 Å². The van der Waals surface area contributed by atoms with Gasteiger partial charge < -0.3 is 10.1 Å². The summed E-state index contributed by atoms with van der Waals surface area (Å²) in [4.78, 5) is 4.41. The number of hydrogen-bond donors (Lipinski definition) is 1. The first-order chi connectivity index (χ1) is 7.42. The lowest BCUT2D eigenvalue weighted by Crippen LogP contribution is -2.33. The number of thiazole rings is 1. The first-order valence-electron chi connectivity index (χ1n) is 5.61. The fourth-order valence-corrected chi connectivity index (χ4v) is 2.73.